The van der Waals surface area contributed by atoms with Crippen LogP contribution in [-0.4, -0.2) is 87.5 Å². The van der Waals surface area contributed by atoms with E-state index in [-0.39, 0.29) is 18.9 Å². The second-order valence-electron chi connectivity index (χ2n) is 20.8. The Kier molecular flexibility index (Phi) is 50.5. The van der Waals surface area contributed by atoms with Crippen molar-refractivity contribution in [1.29, 1.82) is 0 Å². The van der Waals surface area contributed by atoms with Crippen LogP contribution in [0.3, 0.4) is 0 Å². The minimum Gasteiger partial charge on any atom is -0.394 e. The largest absolute Gasteiger partial charge is 0.394 e. The van der Waals surface area contributed by atoms with Crippen molar-refractivity contribution in [2.24, 2.45) is 0 Å². The van der Waals surface area contributed by atoms with Gasteiger partial charge in [-0.2, -0.15) is 0 Å². The molecule has 0 saturated carbocycles. The van der Waals surface area contributed by atoms with Crippen LogP contribution in [0.2, 0.25) is 0 Å². The van der Waals surface area contributed by atoms with Gasteiger partial charge in [-0.15, -0.1) is 0 Å². The lowest BCUT2D eigenvalue weighted by Crippen LogP contribution is -2.60. The quantitative estimate of drug-likeness (QED) is 0.0261. The van der Waals surface area contributed by atoms with Gasteiger partial charge >= 0.3 is 0 Å². The summed E-state index contributed by atoms with van der Waals surface area (Å²) in [5.74, 6) is -0.247. The van der Waals surface area contributed by atoms with Gasteiger partial charge in [0.2, 0.25) is 5.91 Å². The number of hydrogen-bond donors (Lipinski definition) is 6. The van der Waals surface area contributed by atoms with E-state index in [4.69, 9.17) is 9.47 Å². The normalized spacial score (nSPS) is 19.7. The van der Waals surface area contributed by atoms with Crippen LogP contribution in [-0.2, 0) is 14.3 Å². The van der Waals surface area contributed by atoms with Crippen molar-refractivity contribution < 1.29 is 39.8 Å². The number of carbonyl (C=O) groups excluding carboxylic acids is 1. The summed E-state index contributed by atoms with van der Waals surface area (Å²) in [6.07, 6.45) is 73.2. The standard InChI is InChI=1S/C66H113NO8/c1-3-5-7-9-11-13-15-17-19-21-23-25-27-28-29-30-31-32-34-35-37-39-41-43-45-47-49-51-53-55-60(69)59(58-74-66-65(73)64(72)63(71)61(57-68)75-66)67-62(70)56-54-52-50-48-46-44-42-40-38-36-33-26-24-22-20-18-16-14-12-10-8-6-4-2/h6,8,12,14,18,20,24,26,36,38,42,44-45,47-48,50,53,55,59-61,63-66,68-69,71-73H,3-5,7,9-11,13,15-17,19,21-23,25,27-35,37,39-41,43,46,49,51-52,54,56-58H2,1-2H3,(H,67,70)/b8-6-,14-12-,20-18-,26-24-,38-36-,44-42-,47-45+,50-48-,55-53+. The zero-order valence-corrected chi connectivity index (χ0v) is 47.8. The smallest absolute Gasteiger partial charge is 0.220 e. The Morgan fingerprint density at radius 3 is 1.28 bits per heavy atom. The molecule has 9 heteroatoms. The molecule has 7 atom stereocenters. The van der Waals surface area contributed by atoms with Gasteiger partial charge in [0.1, 0.15) is 24.4 Å². The molecular formula is C66H113NO8. The van der Waals surface area contributed by atoms with Crippen LogP contribution >= 0.6 is 0 Å². The third kappa shape index (κ3) is 43.5. The number of allylic oxidation sites excluding steroid dienone is 17. The number of amides is 1. The van der Waals surface area contributed by atoms with Gasteiger partial charge in [-0.1, -0.05) is 264 Å². The molecule has 6 N–H and O–H groups in total. The minimum atomic E-state index is -1.59. The van der Waals surface area contributed by atoms with E-state index in [1.54, 1.807) is 6.08 Å². The van der Waals surface area contributed by atoms with Gasteiger partial charge in [0.05, 0.1) is 25.4 Å². The Hall–Kier alpha value is -3.15. The fourth-order valence-corrected chi connectivity index (χ4v) is 9.04. The van der Waals surface area contributed by atoms with Crippen LogP contribution in [0.4, 0.5) is 0 Å². The molecule has 0 spiro atoms. The van der Waals surface area contributed by atoms with Crippen molar-refractivity contribution in [3.8, 4) is 0 Å². The first-order valence-corrected chi connectivity index (χ1v) is 30.6. The number of carbonyl (C=O) groups is 1. The van der Waals surface area contributed by atoms with Gasteiger partial charge in [0.25, 0.3) is 0 Å². The fraction of sp³-hybridized carbons (Fsp3) is 0.712. The van der Waals surface area contributed by atoms with Crippen molar-refractivity contribution in [2.75, 3.05) is 13.2 Å². The van der Waals surface area contributed by atoms with E-state index in [9.17, 15) is 30.3 Å². The van der Waals surface area contributed by atoms with E-state index >= 15 is 0 Å². The number of hydrogen-bond acceptors (Lipinski definition) is 8. The highest BCUT2D eigenvalue weighted by molar-refractivity contribution is 5.76. The van der Waals surface area contributed by atoms with Crippen molar-refractivity contribution in [3.63, 3.8) is 0 Å². The number of rotatable bonds is 51. The van der Waals surface area contributed by atoms with Gasteiger partial charge in [-0.3, -0.25) is 4.79 Å². The Labute approximate surface area is 459 Å². The molecule has 1 aliphatic heterocycles. The Morgan fingerprint density at radius 2 is 0.840 bits per heavy atom. The average molecular weight is 1050 g/mol. The molecule has 0 bridgehead atoms. The summed E-state index contributed by atoms with van der Waals surface area (Å²) in [7, 11) is 0. The monoisotopic (exact) mass is 1050 g/mol. The molecule has 0 aromatic heterocycles. The minimum absolute atomic E-state index is 0.231. The molecule has 7 unspecified atom stereocenters. The Bertz CT molecular complexity index is 1540. The summed E-state index contributed by atoms with van der Waals surface area (Å²) in [5, 5.41) is 54.5. The molecule has 9 nitrogen and oxygen atoms in total. The third-order valence-corrected chi connectivity index (χ3v) is 13.8. The highest BCUT2D eigenvalue weighted by atomic mass is 16.7. The van der Waals surface area contributed by atoms with Crippen LogP contribution in [0.5, 0.6) is 0 Å². The Balaban J connectivity index is 2.27. The van der Waals surface area contributed by atoms with Crippen LogP contribution in [0.25, 0.3) is 0 Å². The molecule has 1 saturated heterocycles. The lowest BCUT2D eigenvalue weighted by Gasteiger charge is -2.40. The van der Waals surface area contributed by atoms with Gasteiger partial charge in [-0.05, 0) is 83.5 Å². The summed E-state index contributed by atoms with van der Waals surface area (Å²) in [6.45, 7) is 3.63. The van der Waals surface area contributed by atoms with E-state index < -0.39 is 49.5 Å². The first kappa shape index (κ1) is 69.9. The van der Waals surface area contributed by atoms with Crippen LogP contribution < -0.4 is 5.32 Å². The number of ether oxygens (including phenoxy) is 2. The average Bonchev–Trinajstić information content (AvgIpc) is 3.41. The number of unbranched alkanes of at least 4 members (excludes halogenated alkanes) is 25. The molecule has 1 aliphatic rings. The predicted molar refractivity (Wildman–Crippen MR) is 317 cm³/mol. The lowest BCUT2D eigenvalue weighted by atomic mass is 9.99. The van der Waals surface area contributed by atoms with E-state index in [0.717, 1.165) is 70.6 Å². The highest BCUT2D eigenvalue weighted by Crippen LogP contribution is 2.23. The predicted octanol–water partition coefficient (Wildman–Crippen LogP) is 15.7. The summed E-state index contributed by atoms with van der Waals surface area (Å²) in [5.41, 5.74) is 0. The zero-order valence-electron chi connectivity index (χ0n) is 47.8. The number of aliphatic hydroxyl groups excluding tert-OH is 5. The third-order valence-electron chi connectivity index (χ3n) is 13.8. The van der Waals surface area contributed by atoms with E-state index in [0.29, 0.717) is 6.42 Å². The molecule has 0 aromatic rings. The highest BCUT2D eigenvalue weighted by Gasteiger charge is 2.44. The Morgan fingerprint density at radius 1 is 0.467 bits per heavy atom. The molecule has 1 rings (SSSR count). The van der Waals surface area contributed by atoms with Gasteiger partial charge in [0, 0.05) is 6.42 Å². The first-order chi connectivity index (χ1) is 36.8. The van der Waals surface area contributed by atoms with E-state index in [2.05, 4.69) is 116 Å². The van der Waals surface area contributed by atoms with Crippen LogP contribution in [0.1, 0.15) is 245 Å². The van der Waals surface area contributed by atoms with E-state index in [1.165, 1.54) is 148 Å². The maximum Gasteiger partial charge on any atom is 0.220 e. The molecule has 1 amide bonds. The van der Waals surface area contributed by atoms with Crippen LogP contribution in [0, 0.1) is 0 Å². The summed E-state index contributed by atoms with van der Waals surface area (Å²) in [4.78, 5) is 13.0. The SMILES string of the molecule is CC/C=C\C/C=C\C/C=C\C/C=C\C/C=C\C/C=C\C/C=C\CCCC(=O)NC(COC1OC(CO)C(O)C(O)C1O)C(O)/C=C/CC/C=C/CCCCCCCCCCCCCCCCCCCCCCCCC. The van der Waals surface area contributed by atoms with Gasteiger partial charge in [-0.25, -0.2) is 0 Å². The second-order valence-corrected chi connectivity index (χ2v) is 20.8. The first-order valence-electron chi connectivity index (χ1n) is 30.6. The number of aliphatic hydroxyl groups is 5. The molecule has 430 valence electrons. The maximum absolute atomic E-state index is 13.0. The molecule has 0 radical (unpaired) electrons. The zero-order chi connectivity index (χ0) is 54.3. The van der Waals surface area contributed by atoms with E-state index in [1.807, 2.05) is 6.08 Å². The lowest BCUT2D eigenvalue weighted by molar-refractivity contribution is -0.302. The van der Waals surface area contributed by atoms with Gasteiger partial charge < -0.3 is 40.3 Å². The van der Waals surface area contributed by atoms with Crippen molar-refractivity contribution >= 4 is 5.91 Å². The summed E-state index contributed by atoms with van der Waals surface area (Å²) in [6, 6.07) is -0.862. The fourth-order valence-electron chi connectivity index (χ4n) is 9.04. The van der Waals surface area contributed by atoms with Gasteiger partial charge in [0.15, 0.2) is 6.29 Å². The number of nitrogens with one attached hydrogen (secondary N) is 1. The van der Waals surface area contributed by atoms with Crippen LogP contribution in [0.15, 0.2) is 109 Å². The molecule has 1 heterocycles. The topological polar surface area (TPSA) is 149 Å². The molecule has 0 aromatic carbocycles. The molecule has 1 fully saturated rings. The molecule has 75 heavy (non-hydrogen) atoms. The maximum atomic E-state index is 13.0. The summed E-state index contributed by atoms with van der Waals surface area (Å²) >= 11 is 0. The van der Waals surface area contributed by atoms with Crippen molar-refractivity contribution in [2.45, 2.75) is 288 Å². The van der Waals surface area contributed by atoms with Crippen molar-refractivity contribution in [1.82, 2.24) is 5.32 Å². The van der Waals surface area contributed by atoms with Crippen molar-refractivity contribution in [3.05, 3.63) is 109 Å². The second kappa shape index (κ2) is 54.2. The molecule has 0 aliphatic carbocycles. The summed E-state index contributed by atoms with van der Waals surface area (Å²) < 4.78 is 11.2. The molecular weight excluding hydrogens is 935 g/mol.